The first-order chi connectivity index (χ1) is 30.9. The maximum Gasteiger partial charge on any atom is 0.320 e. The molecule has 10 rings (SSSR count). The molecule has 1 aliphatic carbocycles. The minimum atomic E-state index is -0.984. The molecule has 6 fully saturated rings. The highest BCUT2D eigenvalue weighted by Crippen LogP contribution is 2.39. The number of benzene rings is 2. The quantitative estimate of drug-likeness (QED) is 0.248. The molecule has 2 aromatic carbocycles. The molecular formula is C47H57N11O6. The number of urea groups is 1. The molecule has 64 heavy (non-hydrogen) atoms. The lowest BCUT2D eigenvalue weighted by Crippen LogP contribution is -2.61. The number of aromatic nitrogens is 2. The van der Waals surface area contributed by atoms with Gasteiger partial charge in [0, 0.05) is 69.1 Å². The fourth-order valence-corrected chi connectivity index (χ4v) is 11.2. The highest BCUT2D eigenvalue weighted by atomic mass is 16.2. The zero-order valence-corrected chi connectivity index (χ0v) is 36.5. The number of piperidine rings is 3. The normalized spacial score (nSPS) is 24.6. The van der Waals surface area contributed by atoms with Crippen molar-refractivity contribution in [3.8, 4) is 0 Å². The lowest BCUT2D eigenvalue weighted by Gasteiger charge is -2.50. The second-order valence-corrected chi connectivity index (χ2v) is 19.0. The van der Waals surface area contributed by atoms with Gasteiger partial charge in [0.25, 0.3) is 17.7 Å². The lowest BCUT2D eigenvalue weighted by atomic mass is 9.74. The fraction of sp³-hybridized carbons (Fsp3) is 0.532. The Balaban J connectivity index is 0.736. The van der Waals surface area contributed by atoms with E-state index >= 15 is 0 Å². The van der Waals surface area contributed by atoms with Crippen LogP contribution >= 0.6 is 0 Å². The van der Waals surface area contributed by atoms with Crippen LogP contribution in [0.3, 0.4) is 0 Å². The number of likely N-dealkylation sites (tertiary alicyclic amines) is 1. The summed E-state index contributed by atoms with van der Waals surface area (Å²) in [4.78, 5) is 98.3. The van der Waals surface area contributed by atoms with E-state index in [0.29, 0.717) is 35.8 Å². The number of imide groups is 2. The first-order valence-corrected chi connectivity index (χ1v) is 23.2. The number of carbonyl (C=O) groups is 6. The Morgan fingerprint density at radius 3 is 2.17 bits per heavy atom. The van der Waals surface area contributed by atoms with Crippen molar-refractivity contribution in [3.63, 3.8) is 0 Å². The van der Waals surface area contributed by atoms with Gasteiger partial charge in [-0.15, -0.1) is 0 Å². The maximum atomic E-state index is 13.6. The van der Waals surface area contributed by atoms with E-state index in [1.807, 2.05) is 18.2 Å². The molecule has 1 saturated carbocycles. The second kappa shape index (κ2) is 16.8. The van der Waals surface area contributed by atoms with Crippen LogP contribution in [0, 0.1) is 0 Å². The third-order valence-electron chi connectivity index (χ3n) is 15.2. The summed E-state index contributed by atoms with van der Waals surface area (Å²) >= 11 is 0. The minimum Gasteiger partial charge on any atom is -0.368 e. The van der Waals surface area contributed by atoms with Crippen LogP contribution in [-0.2, 0) is 15.0 Å². The number of anilines is 4. The molecule has 3 aromatic rings. The van der Waals surface area contributed by atoms with E-state index in [4.69, 9.17) is 10.7 Å². The molecule has 7 aliphatic rings. The van der Waals surface area contributed by atoms with Crippen LogP contribution in [0.25, 0.3) is 0 Å². The molecule has 7 amide bonds. The Hall–Kier alpha value is -6.10. The van der Waals surface area contributed by atoms with Crippen molar-refractivity contribution in [1.29, 1.82) is 0 Å². The van der Waals surface area contributed by atoms with Crippen LogP contribution < -0.4 is 26.2 Å². The van der Waals surface area contributed by atoms with Crippen molar-refractivity contribution < 1.29 is 28.8 Å². The van der Waals surface area contributed by atoms with Crippen molar-refractivity contribution in [1.82, 2.24) is 34.9 Å². The number of fused-ring (bicyclic) bond motifs is 1. The van der Waals surface area contributed by atoms with Gasteiger partial charge in [0.05, 0.1) is 23.4 Å². The van der Waals surface area contributed by atoms with E-state index in [1.54, 1.807) is 18.3 Å². The number of hydrogen-bond acceptors (Lipinski definition) is 12. The van der Waals surface area contributed by atoms with E-state index in [-0.39, 0.29) is 41.6 Å². The molecule has 6 aliphatic heterocycles. The summed E-state index contributed by atoms with van der Waals surface area (Å²) in [6, 6.07) is 13.6. The lowest BCUT2D eigenvalue weighted by molar-refractivity contribution is -0.136. The Bertz CT molecular complexity index is 2370. The van der Waals surface area contributed by atoms with E-state index in [2.05, 4.69) is 59.2 Å². The molecule has 4 N–H and O–H groups in total. The molecule has 7 heterocycles. The van der Waals surface area contributed by atoms with Crippen molar-refractivity contribution >= 4 is 58.6 Å². The van der Waals surface area contributed by atoms with Crippen molar-refractivity contribution in [3.05, 3.63) is 71.0 Å². The molecule has 0 radical (unpaired) electrons. The summed E-state index contributed by atoms with van der Waals surface area (Å²) < 4.78 is 0. The Morgan fingerprint density at radius 2 is 1.45 bits per heavy atom. The zero-order valence-electron chi connectivity index (χ0n) is 36.5. The van der Waals surface area contributed by atoms with Gasteiger partial charge in [-0.25, -0.2) is 14.8 Å². The van der Waals surface area contributed by atoms with Crippen molar-refractivity contribution in [2.24, 2.45) is 5.73 Å². The van der Waals surface area contributed by atoms with Gasteiger partial charge in [-0.2, -0.15) is 0 Å². The predicted octanol–water partition coefficient (Wildman–Crippen LogP) is 4.00. The van der Waals surface area contributed by atoms with Crippen molar-refractivity contribution in [2.45, 2.75) is 107 Å². The largest absolute Gasteiger partial charge is 0.368 e. The molecule has 17 nitrogen and oxygen atoms in total. The summed E-state index contributed by atoms with van der Waals surface area (Å²) in [7, 11) is 0. The van der Waals surface area contributed by atoms with E-state index < -0.39 is 35.6 Å². The monoisotopic (exact) mass is 871 g/mol. The molecule has 0 spiro atoms. The van der Waals surface area contributed by atoms with Gasteiger partial charge in [-0.05, 0) is 99.3 Å². The highest BCUT2D eigenvalue weighted by Gasteiger charge is 2.46. The van der Waals surface area contributed by atoms with Crippen molar-refractivity contribution in [2.75, 3.05) is 67.5 Å². The number of hydrogen-bond donors (Lipinski definition) is 3. The average molecular weight is 872 g/mol. The summed E-state index contributed by atoms with van der Waals surface area (Å²) in [6.45, 7) is 8.81. The molecule has 336 valence electrons. The second-order valence-electron chi connectivity index (χ2n) is 19.0. The third-order valence-corrected chi connectivity index (χ3v) is 15.2. The average Bonchev–Trinajstić information content (AvgIpc) is 3.79. The molecule has 0 bridgehead atoms. The van der Waals surface area contributed by atoms with Crippen LogP contribution in [0.15, 0.2) is 48.7 Å². The van der Waals surface area contributed by atoms with Gasteiger partial charge >= 0.3 is 6.03 Å². The van der Waals surface area contributed by atoms with Gasteiger partial charge < -0.3 is 30.7 Å². The van der Waals surface area contributed by atoms with Gasteiger partial charge in [-0.1, -0.05) is 38.3 Å². The van der Waals surface area contributed by atoms with Gasteiger partial charge in [0.2, 0.25) is 11.8 Å². The van der Waals surface area contributed by atoms with E-state index in [9.17, 15) is 28.8 Å². The zero-order chi connectivity index (χ0) is 44.3. The number of carbonyl (C=O) groups excluding carboxylic acids is 6. The summed E-state index contributed by atoms with van der Waals surface area (Å²) in [5.74, 6) is -1.71. The van der Waals surface area contributed by atoms with Crippen LogP contribution in [-0.4, -0.2) is 142 Å². The number of nitrogens with two attached hydrogens (primary N) is 1. The Kier molecular flexibility index (Phi) is 11.0. The number of rotatable bonds is 10. The summed E-state index contributed by atoms with van der Waals surface area (Å²) in [5, 5.41) is 5.58. The topological polar surface area (TPSA) is 198 Å². The van der Waals surface area contributed by atoms with Gasteiger partial charge in [0.15, 0.2) is 11.5 Å². The summed E-state index contributed by atoms with van der Waals surface area (Å²) in [6.07, 6.45) is 11.5. The number of primary amides is 1. The minimum absolute atomic E-state index is 0.0210. The maximum absolute atomic E-state index is 13.6. The molecule has 2 atom stereocenters. The molecule has 17 heteroatoms. The van der Waals surface area contributed by atoms with Crippen LogP contribution in [0.5, 0.6) is 0 Å². The van der Waals surface area contributed by atoms with E-state index in [1.165, 1.54) is 24.8 Å². The third kappa shape index (κ3) is 7.70. The summed E-state index contributed by atoms with van der Waals surface area (Å²) in [5.41, 5.74) is 9.30. The highest BCUT2D eigenvalue weighted by molar-refractivity contribution is 6.23. The Labute approximate surface area is 372 Å². The van der Waals surface area contributed by atoms with Gasteiger partial charge in [0.1, 0.15) is 11.9 Å². The number of amides is 7. The number of nitrogens with one attached hydrogen (secondary N) is 2. The first kappa shape index (κ1) is 41.9. The molecule has 5 saturated heterocycles. The van der Waals surface area contributed by atoms with Gasteiger partial charge in [-0.3, -0.25) is 39.1 Å². The smallest absolute Gasteiger partial charge is 0.320 e. The van der Waals surface area contributed by atoms with E-state index in [0.717, 1.165) is 101 Å². The molecular weight excluding hydrogens is 815 g/mol. The first-order valence-electron chi connectivity index (χ1n) is 23.2. The number of nitrogens with zero attached hydrogens (tertiary/aromatic N) is 8. The van der Waals surface area contributed by atoms with Crippen LogP contribution in [0.2, 0.25) is 0 Å². The van der Waals surface area contributed by atoms with Crippen LogP contribution in [0.1, 0.15) is 114 Å². The SMILES string of the molecule is CC1(c2ccc(Nc3nc(N4CCCC(N5CCN(C6CCCCC6)C5=O)C4)cnc3C(N)=O)cc2)CCN(C2CN(c3ccc4c(c3)C(=O)N(C3CCC(=O)NC3=O)C4=O)C2)CC1. The Morgan fingerprint density at radius 1 is 0.766 bits per heavy atom. The molecule has 1 aromatic heterocycles. The predicted molar refractivity (Wildman–Crippen MR) is 238 cm³/mol. The fourth-order valence-electron chi connectivity index (χ4n) is 11.2. The molecule has 2 unspecified atom stereocenters. The standard InChI is InChI=1S/C47H57N11O6/c1-47(17-20-53(21-18-47)34-27-55(28-34)32-13-14-35-36(24-32)45(63)58(44(35)62)37-15-16-39(59)52-43(37)61)29-9-11-30(12-10-29)50-42-40(41(48)60)49-25-38(51-42)54-19-5-8-33(26-54)57-23-22-56(46(57)64)31-6-3-2-4-7-31/h9-14,24-25,31,33-34,37H,2-8,15-23,26-28H2,1H3,(H2,48,60)(H,50,51)(H,52,59,61). The van der Waals surface area contributed by atoms with Crippen LogP contribution in [0.4, 0.5) is 27.8 Å².